The molecule has 5 heteroatoms. The van der Waals surface area contributed by atoms with Gasteiger partial charge < -0.3 is 15.0 Å². The number of rotatable bonds is 9. The smallest absolute Gasteiger partial charge is 0.226 e. The molecule has 0 bridgehead atoms. The lowest BCUT2D eigenvalue weighted by molar-refractivity contribution is -0.134. The van der Waals surface area contributed by atoms with E-state index in [9.17, 15) is 9.59 Å². The van der Waals surface area contributed by atoms with E-state index in [4.69, 9.17) is 4.74 Å². The van der Waals surface area contributed by atoms with E-state index < -0.39 is 0 Å². The van der Waals surface area contributed by atoms with Gasteiger partial charge in [-0.1, -0.05) is 36.4 Å². The lowest BCUT2D eigenvalue weighted by Gasteiger charge is -2.47. The van der Waals surface area contributed by atoms with E-state index in [1.54, 1.807) is 7.11 Å². The number of ether oxygens (including phenoxy) is 1. The maximum atomic E-state index is 12.5. The highest BCUT2D eigenvalue weighted by Gasteiger charge is 2.44. The maximum Gasteiger partial charge on any atom is 0.226 e. The van der Waals surface area contributed by atoms with Gasteiger partial charge in [0, 0.05) is 44.2 Å². The van der Waals surface area contributed by atoms with E-state index in [-0.39, 0.29) is 17.2 Å². The number of benzene rings is 1. The van der Waals surface area contributed by atoms with E-state index in [0.29, 0.717) is 32.5 Å². The fraction of sp³-hybridized carbons (Fsp3) is 0.565. The van der Waals surface area contributed by atoms with Gasteiger partial charge in [0.2, 0.25) is 11.8 Å². The minimum atomic E-state index is -0.102. The molecule has 5 nitrogen and oxygen atoms in total. The van der Waals surface area contributed by atoms with Crippen LogP contribution in [0.25, 0.3) is 0 Å². The molecular weight excluding hydrogens is 352 g/mol. The van der Waals surface area contributed by atoms with E-state index in [2.05, 4.69) is 23.5 Å². The molecule has 1 aromatic rings. The van der Waals surface area contributed by atoms with Crippen molar-refractivity contribution in [3.8, 4) is 0 Å². The molecule has 1 aromatic carbocycles. The molecule has 1 saturated heterocycles. The molecule has 0 aromatic heterocycles. The molecule has 0 radical (unpaired) electrons. The summed E-state index contributed by atoms with van der Waals surface area (Å²) in [5, 5.41) is 3.17. The van der Waals surface area contributed by atoms with Crippen molar-refractivity contribution in [3.63, 3.8) is 0 Å². The summed E-state index contributed by atoms with van der Waals surface area (Å²) in [6.07, 6.45) is 9.02. The van der Waals surface area contributed by atoms with Crippen molar-refractivity contribution in [2.75, 3.05) is 26.8 Å². The SMILES string of the molecule is COCCN1C(=O)CCC2(CNC(=O)CCCc3ccccc3)CCCC=C12. The molecule has 0 saturated carbocycles. The first-order valence-electron chi connectivity index (χ1n) is 10.5. The molecule has 2 amide bonds. The number of allylic oxidation sites excluding steroid dienone is 1. The molecular formula is C23H32N2O3. The van der Waals surface area contributed by atoms with Gasteiger partial charge in [-0.3, -0.25) is 9.59 Å². The van der Waals surface area contributed by atoms with Crippen LogP contribution in [0.2, 0.25) is 0 Å². The van der Waals surface area contributed by atoms with Crippen LogP contribution in [0.3, 0.4) is 0 Å². The van der Waals surface area contributed by atoms with E-state index in [0.717, 1.165) is 44.2 Å². The predicted molar refractivity (Wildman–Crippen MR) is 110 cm³/mol. The highest BCUT2D eigenvalue weighted by molar-refractivity contribution is 5.80. The Bertz CT molecular complexity index is 701. The third-order valence-electron chi connectivity index (χ3n) is 6.00. The van der Waals surface area contributed by atoms with E-state index in [1.165, 1.54) is 5.56 Å². The number of carbonyl (C=O) groups excluding carboxylic acids is 2. The zero-order valence-electron chi connectivity index (χ0n) is 16.9. The number of amides is 2. The molecule has 152 valence electrons. The lowest BCUT2D eigenvalue weighted by atomic mass is 9.69. The summed E-state index contributed by atoms with van der Waals surface area (Å²) in [5.74, 6) is 0.283. The highest BCUT2D eigenvalue weighted by atomic mass is 16.5. The summed E-state index contributed by atoms with van der Waals surface area (Å²) in [6.45, 7) is 1.75. The molecule has 28 heavy (non-hydrogen) atoms. The molecule has 1 atom stereocenters. The van der Waals surface area contributed by atoms with Crippen LogP contribution < -0.4 is 5.32 Å². The Morgan fingerprint density at radius 3 is 2.86 bits per heavy atom. The zero-order valence-corrected chi connectivity index (χ0v) is 16.9. The first-order chi connectivity index (χ1) is 13.6. The number of nitrogens with zero attached hydrogens (tertiary/aromatic N) is 1. The van der Waals surface area contributed by atoms with Crippen LogP contribution in [0, 0.1) is 5.41 Å². The van der Waals surface area contributed by atoms with Crippen LogP contribution in [-0.4, -0.2) is 43.5 Å². The summed E-state index contributed by atoms with van der Waals surface area (Å²) in [7, 11) is 1.66. The van der Waals surface area contributed by atoms with Crippen molar-refractivity contribution in [1.29, 1.82) is 0 Å². The molecule has 2 aliphatic rings. The Balaban J connectivity index is 1.55. The van der Waals surface area contributed by atoms with E-state index in [1.807, 2.05) is 23.1 Å². The van der Waals surface area contributed by atoms with Gasteiger partial charge >= 0.3 is 0 Å². The summed E-state index contributed by atoms with van der Waals surface area (Å²) in [6, 6.07) is 10.3. The van der Waals surface area contributed by atoms with Gasteiger partial charge in [0.05, 0.1) is 6.61 Å². The van der Waals surface area contributed by atoms with Crippen LogP contribution in [0.15, 0.2) is 42.1 Å². The van der Waals surface area contributed by atoms with Crippen molar-refractivity contribution in [2.45, 2.75) is 51.4 Å². The Labute approximate surface area is 168 Å². The number of methoxy groups -OCH3 is 1. The highest BCUT2D eigenvalue weighted by Crippen LogP contribution is 2.46. The number of hydrogen-bond donors (Lipinski definition) is 1. The van der Waals surface area contributed by atoms with Crippen LogP contribution in [0.4, 0.5) is 0 Å². The quantitative estimate of drug-likeness (QED) is 0.709. The first-order valence-corrected chi connectivity index (χ1v) is 10.5. The molecule has 3 rings (SSSR count). The second-order valence-corrected chi connectivity index (χ2v) is 7.92. The summed E-state index contributed by atoms with van der Waals surface area (Å²) >= 11 is 0. The lowest BCUT2D eigenvalue weighted by Crippen LogP contribution is -2.51. The van der Waals surface area contributed by atoms with Gasteiger partial charge in [-0.05, 0) is 44.1 Å². The fourth-order valence-electron chi connectivity index (χ4n) is 4.44. The average Bonchev–Trinajstić information content (AvgIpc) is 2.73. The molecule has 1 N–H and O–H groups in total. The normalized spacial score (nSPS) is 21.8. The van der Waals surface area contributed by atoms with Crippen molar-refractivity contribution in [3.05, 3.63) is 47.7 Å². The minimum Gasteiger partial charge on any atom is -0.383 e. The number of nitrogens with one attached hydrogen (secondary N) is 1. The summed E-state index contributed by atoms with van der Waals surface area (Å²) < 4.78 is 5.19. The van der Waals surface area contributed by atoms with Gasteiger partial charge in [0.15, 0.2) is 0 Å². The van der Waals surface area contributed by atoms with Gasteiger partial charge in [0.25, 0.3) is 0 Å². The number of likely N-dealkylation sites (tertiary alicyclic amines) is 1. The second kappa shape index (κ2) is 9.87. The van der Waals surface area contributed by atoms with Gasteiger partial charge in [-0.25, -0.2) is 0 Å². The molecule has 1 fully saturated rings. The number of fused-ring (bicyclic) bond motifs is 1. The number of piperidine rings is 1. The molecule has 1 unspecified atom stereocenters. The largest absolute Gasteiger partial charge is 0.383 e. The van der Waals surface area contributed by atoms with Crippen LogP contribution >= 0.6 is 0 Å². The zero-order chi connectivity index (χ0) is 19.8. The maximum absolute atomic E-state index is 12.5. The molecule has 1 aliphatic heterocycles. The van der Waals surface area contributed by atoms with Gasteiger partial charge in [-0.15, -0.1) is 0 Å². The third kappa shape index (κ3) is 5.02. The topological polar surface area (TPSA) is 58.6 Å². The predicted octanol–water partition coefficient (Wildman–Crippen LogP) is 3.45. The minimum absolute atomic E-state index is 0.102. The van der Waals surface area contributed by atoms with Crippen molar-refractivity contribution < 1.29 is 14.3 Å². The van der Waals surface area contributed by atoms with Crippen molar-refractivity contribution >= 4 is 11.8 Å². The van der Waals surface area contributed by atoms with Crippen molar-refractivity contribution in [1.82, 2.24) is 10.2 Å². The Kier molecular flexibility index (Phi) is 7.26. The molecule has 0 spiro atoms. The Morgan fingerprint density at radius 1 is 1.25 bits per heavy atom. The molecule has 1 heterocycles. The summed E-state index contributed by atoms with van der Waals surface area (Å²) in [4.78, 5) is 26.8. The van der Waals surface area contributed by atoms with E-state index >= 15 is 0 Å². The standard InChI is InChI=1S/C23H32N2O3/c1-28-17-16-25-20-11-5-6-14-23(20,15-13-22(25)27)18-24-21(26)12-7-10-19-8-3-2-4-9-19/h2-4,8-9,11H,5-7,10,12-18H2,1H3,(H,24,26). The number of aryl methyl sites for hydroxylation is 1. The van der Waals surface area contributed by atoms with Gasteiger partial charge in [-0.2, -0.15) is 0 Å². The Morgan fingerprint density at radius 2 is 2.07 bits per heavy atom. The average molecular weight is 385 g/mol. The Hall–Kier alpha value is -2.14. The molecule has 1 aliphatic carbocycles. The third-order valence-corrected chi connectivity index (χ3v) is 6.00. The summed E-state index contributed by atoms with van der Waals surface area (Å²) in [5.41, 5.74) is 2.28. The van der Waals surface area contributed by atoms with Crippen molar-refractivity contribution in [2.24, 2.45) is 5.41 Å². The van der Waals surface area contributed by atoms with Gasteiger partial charge in [0.1, 0.15) is 0 Å². The number of carbonyl (C=O) groups is 2. The van der Waals surface area contributed by atoms with Crippen LogP contribution in [0.1, 0.15) is 50.5 Å². The number of hydrogen-bond acceptors (Lipinski definition) is 3. The fourth-order valence-corrected chi connectivity index (χ4v) is 4.44. The second-order valence-electron chi connectivity index (χ2n) is 7.92. The van der Waals surface area contributed by atoms with Crippen LogP contribution in [0.5, 0.6) is 0 Å². The van der Waals surface area contributed by atoms with Crippen LogP contribution in [-0.2, 0) is 20.7 Å². The monoisotopic (exact) mass is 384 g/mol. The first kappa shape index (κ1) is 20.6.